The molecule has 0 saturated carbocycles. The normalized spacial score (nSPS) is 12.1. The average molecular weight is 775 g/mol. The van der Waals surface area contributed by atoms with E-state index in [9.17, 15) is 0 Å². The summed E-state index contributed by atoms with van der Waals surface area (Å²) in [4.78, 5) is 4.78. The monoisotopic (exact) mass is 774 g/mol. The molecule has 0 atom stereocenters. The summed E-state index contributed by atoms with van der Waals surface area (Å²) < 4.78 is 0. The van der Waals surface area contributed by atoms with Crippen molar-refractivity contribution in [3.63, 3.8) is 0 Å². The number of hydrogen-bond donors (Lipinski definition) is 0. The molecule has 1 aliphatic carbocycles. The fourth-order valence-corrected chi connectivity index (χ4v) is 8.57. The lowest BCUT2D eigenvalue weighted by molar-refractivity contribution is 0.940. The first-order valence-corrected chi connectivity index (χ1v) is 21.1. The molecule has 292 valence electrons. The number of rotatable bonds is 10. The maximum absolute atomic E-state index is 2.41. The maximum atomic E-state index is 2.41. The van der Waals surface area contributed by atoms with Gasteiger partial charge in [0.25, 0.3) is 0 Å². The predicted molar refractivity (Wildman–Crippen MR) is 258 cm³/mol. The van der Waals surface area contributed by atoms with E-state index in [1.807, 2.05) is 0 Å². The molecule has 2 heteroatoms. The van der Waals surface area contributed by atoms with E-state index >= 15 is 0 Å². The second kappa shape index (κ2) is 17.0. The van der Waals surface area contributed by atoms with E-state index in [2.05, 4.69) is 244 Å². The summed E-state index contributed by atoms with van der Waals surface area (Å²) in [6, 6.07) is 66.7. The molecule has 0 bridgehead atoms. The molecule has 0 spiro atoms. The van der Waals surface area contributed by atoms with E-state index in [4.69, 9.17) is 0 Å². The van der Waals surface area contributed by atoms with E-state index < -0.39 is 0 Å². The number of allylic oxidation sites excluding steroid dienone is 1. The largest absolute Gasteiger partial charge is 0.310 e. The standard InChI is InChI=1S/C58H50N2/c1-5-12-45-29-31-53(37-42(45)3)59(51-13-8-6-9-14-51)55-33-35-57-49(39-55)27-28-50-40-56(34-36-58(50)57)60(52-15-10-7-11-16-52)54-32-30-46(43(4)38-54)24-19-44-20-25-48(26-21-44)47-22-17-41(2)18-23-47/h5-26,29-40H,27-28H2,1-4H3. The van der Waals surface area contributed by atoms with E-state index in [1.165, 1.54) is 78.1 Å². The van der Waals surface area contributed by atoms with Crippen molar-refractivity contribution < 1.29 is 0 Å². The van der Waals surface area contributed by atoms with Crippen LogP contribution in [0.3, 0.4) is 0 Å². The van der Waals surface area contributed by atoms with Crippen molar-refractivity contribution in [3.8, 4) is 22.3 Å². The van der Waals surface area contributed by atoms with Gasteiger partial charge in [-0.25, -0.2) is 0 Å². The Morgan fingerprint density at radius 2 is 0.817 bits per heavy atom. The molecule has 60 heavy (non-hydrogen) atoms. The van der Waals surface area contributed by atoms with Crippen LogP contribution in [0.2, 0.25) is 0 Å². The molecule has 0 amide bonds. The lowest BCUT2D eigenvalue weighted by atomic mass is 9.85. The SMILES string of the molecule is CC=Cc1ccc(N(c2ccccc2)c2ccc3c(c2)CCc2cc(N(c4ccccc4)c4ccc(C=Cc5ccc(-c6ccc(C)cc6)cc5)c(C)c4)ccc2-3)cc1C. The minimum absolute atomic E-state index is 0.986. The zero-order valence-electron chi connectivity index (χ0n) is 34.9. The van der Waals surface area contributed by atoms with Crippen molar-refractivity contribution >= 4 is 52.4 Å². The van der Waals surface area contributed by atoms with Gasteiger partial charge in [0.15, 0.2) is 0 Å². The van der Waals surface area contributed by atoms with Crippen molar-refractivity contribution in [1.82, 2.24) is 0 Å². The van der Waals surface area contributed by atoms with Crippen LogP contribution >= 0.6 is 0 Å². The van der Waals surface area contributed by atoms with Gasteiger partial charge in [-0.05, 0) is 175 Å². The van der Waals surface area contributed by atoms with Crippen molar-refractivity contribution in [2.24, 2.45) is 0 Å². The highest BCUT2D eigenvalue weighted by Gasteiger charge is 2.22. The van der Waals surface area contributed by atoms with Gasteiger partial charge in [0, 0.05) is 34.1 Å². The molecular weight excluding hydrogens is 725 g/mol. The maximum Gasteiger partial charge on any atom is 0.0464 e. The molecule has 0 unspecified atom stereocenters. The molecule has 8 aromatic rings. The quantitative estimate of drug-likeness (QED) is 0.128. The van der Waals surface area contributed by atoms with Crippen LogP contribution in [0.5, 0.6) is 0 Å². The Hall–Kier alpha value is -7.16. The van der Waals surface area contributed by atoms with Crippen molar-refractivity contribution in [3.05, 3.63) is 233 Å². The van der Waals surface area contributed by atoms with Crippen LogP contribution in [0.25, 0.3) is 40.5 Å². The molecule has 0 aromatic heterocycles. The molecule has 0 aliphatic heterocycles. The minimum atomic E-state index is 0.986. The molecular formula is C58H50N2. The molecule has 0 saturated heterocycles. The predicted octanol–water partition coefficient (Wildman–Crippen LogP) is 16.2. The van der Waals surface area contributed by atoms with Gasteiger partial charge in [0.1, 0.15) is 0 Å². The molecule has 0 heterocycles. The Kier molecular flexibility index (Phi) is 10.9. The topological polar surface area (TPSA) is 6.48 Å². The third kappa shape index (κ3) is 7.97. The Balaban J connectivity index is 1.00. The number of anilines is 6. The fourth-order valence-electron chi connectivity index (χ4n) is 8.57. The summed E-state index contributed by atoms with van der Waals surface area (Å²) in [5.74, 6) is 0. The van der Waals surface area contributed by atoms with Crippen molar-refractivity contribution in [2.75, 3.05) is 9.80 Å². The second-order valence-corrected chi connectivity index (χ2v) is 15.9. The van der Waals surface area contributed by atoms with E-state index in [-0.39, 0.29) is 0 Å². The van der Waals surface area contributed by atoms with E-state index in [1.54, 1.807) is 0 Å². The zero-order valence-corrected chi connectivity index (χ0v) is 34.9. The lowest BCUT2D eigenvalue weighted by Crippen LogP contribution is -2.13. The number of aryl methyl sites for hydroxylation is 5. The average Bonchev–Trinajstić information content (AvgIpc) is 3.28. The molecule has 2 nitrogen and oxygen atoms in total. The Morgan fingerprint density at radius 1 is 0.383 bits per heavy atom. The third-order valence-electron chi connectivity index (χ3n) is 11.8. The first kappa shape index (κ1) is 38.4. The van der Waals surface area contributed by atoms with E-state index in [0.29, 0.717) is 0 Å². The van der Waals surface area contributed by atoms with E-state index in [0.717, 1.165) is 35.6 Å². The number of fused-ring (bicyclic) bond motifs is 3. The summed E-state index contributed by atoms with van der Waals surface area (Å²) in [5.41, 5.74) is 22.3. The molecule has 0 fully saturated rings. The third-order valence-corrected chi connectivity index (χ3v) is 11.8. The summed E-state index contributed by atoms with van der Waals surface area (Å²) in [5, 5.41) is 0. The van der Waals surface area contributed by atoms with Gasteiger partial charge >= 0.3 is 0 Å². The van der Waals surface area contributed by atoms with Crippen LogP contribution in [0.1, 0.15) is 51.4 Å². The highest BCUT2D eigenvalue weighted by atomic mass is 15.1. The summed E-state index contributed by atoms with van der Waals surface area (Å²) >= 11 is 0. The van der Waals surface area contributed by atoms with Crippen LogP contribution in [-0.4, -0.2) is 0 Å². The summed E-state index contributed by atoms with van der Waals surface area (Å²) in [6.07, 6.45) is 10.7. The van der Waals surface area contributed by atoms with Gasteiger partial charge in [-0.1, -0.05) is 139 Å². The molecule has 0 radical (unpaired) electrons. The second-order valence-electron chi connectivity index (χ2n) is 15.9. The molecule has 8 aromatic carbocycles. The summed E-state index contributed by atoms with van der Waals surface area (Å²) in [7, 11) is 0. The van der Waals surface area contributed by atoms with Crippen molar-refractivity contribution in [1.29, 1.82) is 0 Å². The molecule has 1 aliphatic rings. The van der Waals surface area contributed by atoms with Gasteiger partial charge < -0.3 is 9.80 Å². The highest BCUT2D eigenvalue weighted by molar-refractivity contribution is 5.85. The van der Waals surface area contributed by atoms with Crippen LogP contribution in [-0.2, 0) is 12.8 Å². The van der Waals surface area contributed by atoms with Crippen LogP contribution in [0, 0.1) is 20.8 Å². The Labute approximate surface area is 356 Å². The number of benzene rings is 8. The van der Waals surface area contributed by atoms with Gasteiger partial charge in [-0.2, -0.15) is 0 Å². The van der Waals surface area contributed by atoms with Gasteiger partial charge in [0.2, 0.25) is 0 Å². The first-order valence-electron chi connectivity index (χ1n) is 21.1. The Bertz CT molecular complexity index is 2830. The number of para-hydroxylation sites is 2. The van der Waals surface area contributed by atoms with Crippen LogP contribution in [0.15, 0.2) is 188 Å². The lowest BCUT2D eigenvalue weighted by Gasteiger charge is -2.30. The van der Waals surface area contributed by atoms with Gasteiger partial charge in [-0.15, -0.1) is 0 Å². The van der Waals surface area contributed by atoms with Crippen LogP contribution in [0.4, 0.5) is 34.1 Å². The first-order chi connectivity index (χ1) is 29.4. The van der Waals surface area contributed by atoms with Crippen LogP contribution < -0.4 is 9.80 Å². The fraction of sp³-hybridized carbons (Fsp3) is 0.103. The molecule has 0 N–H and O–H groups in total. The minimum Gasteiger partial charge on any atom is -0.310 e. The highest BCUT2D eigenvalue weighted by Crippen LogP contribution is 2.43. The number of nitrogens with zero attached hydrogens (tertiary/aromatic N) is 2. The summed E-state index contributed by atoms with van der Waals surface area (Å²) in [6.45, 7) is 8.61. The number of hydrogen-bond acceptors (Lipinski definition) is 2. The van der Waals surface area contributed by atoms with Gasteiger partial charge in [-0.3, -0.25) is 0 Å². The van der Waals surface area contributed by atoms with Gasteiger partial charge in [0.05, 0.1) is 0 Å². The smallest absolute Gasteiger partial charge is 0.0464 e. The Morgan fingerprint density at radius 3 is 1.28 bits per heavy atom. The molecule has 9 rings (SSSR count). The van der Waals surface area contributed by atoms with Crippen molar-refractivity contribution in [2.45, 2.75) is 40.5 Å². The zero-order chi connectivity index (χ0) is 41.0.